The minimum Gasteiger partial charge on any atom is -0.449 e. The van der Waals surface area contributed by atoms with Crippen LogP contribution in [0.3, 0.4) is 0 Å². The highest BCUT2D eigenvalue weighted by Gasteiger charge is 2.23. The summed E-state index contributed by atoms with van der Waals surface area (Å²) in [6.45, 7) is 6.78. The summed E-state index contributed by atoms with van der Waals surface area (Å²) in [6, 6.07) is 4.41. The number of nitrogens with one attached hydrogen (secondary N) is 1. The van der Waals surface area contributed by atoms with Crippen molar-refractivity contribution >= 4 is 6.09 Å². The highest BCUT2D eigenvalue weighted by Crippen LogP contribution is 2.27. The van der Waals surface area contributed by atoms with E-state index in [1.165, 1.54) is 22.3 Å². The van der Waals surface area contributed by atoms with Gasteiger partial charge in [0.2, 0.25) is 0 Å². The first-order valence-electron chi connectivity index (χ1n) is 5.59. The van der Waals surface area contributed by atoms with E-state index < -0.39 is 0 Å². The van der Waals surface area contributed by atoms with E-state index in [0.29, 0.717) is 6.61 Å². The predicted octanol–water partition coefficient (Wildman–Crippen LogP) is 2.78. The van der Waals surface area contributed by atoms with Gasteiger partial charge in [0, 0.05) is 6.42 Å². The topological polar surface area (TPSA) is 38.3 Å². The van der Waals surface area contributed by atoms with Gasteiger partial charge >= 0.3 is 6.09 Å². The number of ether oxygens (including phenoxy) is 1. The number of carbonyl (C=O) groups is 1. The molecule has 0 bridgehead atoms. The molecule has 86 valence electrons. The molecule has 1 N–H and O–H groups in total. The molecule has 1 fully saturated rings. The Morgan fingerprint density at radius 3 is 2.44 bits per heavy atom. The van der Waals surface area contributed by atoms with Crippen LogP contribution in [0.2, 0.25) is 0 Å². The Kier molecular flexibility index (Phi) is 2.86. The normalized spacial score (nSPS) is 20.2. The minimum absolute atomic E-state index is 0.0989. The van der Waals surface area contributed by atoms with Gasteiger partial charge in [-0.2, -0.15) is 0 Å². The van der Waals surface area contributed by atoms with Gasteiger partial charge in [0.15, 0.2) is 0 Å². The summed E-state index contributed by atoms with van der Waals surface area (Å²) < 4.78 is 4.88. The summed E-state index contributed by atoms with van der Waals surface area (Å²) in [6.07, 6.45) is 0.534. The lowest BCUT2D eigenvalue weighted by atomic mass is 9.92. The third-order valence-corrected chi connectivity index (χ3v) is 3.02. The molecule has 1 aromatic carbocycles. The average Bonchev–Trinajstić information content (AvgIpc) is 2.15. The molecular formula is C13H17NO2. The number of rotatable bonds is 1. The zero-order valence-electron chi connectivity index (χ0n) is 9.96. The lowest BCUT2D eigenvalue weighted by Crippen LogP contribution is -2.36. The van der Waals surface area contributed by atoms with Crippen molar-refractivity contribution in [3.63, 3.8) is 0 Å². The lowest BCUT2D eigenvalue weighted by molar-refractivity contribution is 0.115. The van der Waals surface area contributed by atoms with Crippen molar-refractivity contribution in [2.75, 3.05) is 6.61 Å². The van der Waals surface area contributed by atoms with Crippen LogP contribution in [0.4, 0.5) is 4.79 Å². The largest absolute Gasteiger partial charge is 0.449 e. The second-order valence-corrected chi connectivity index (χ2v) is 4.43. The van der Waals surface area contributed by atoms with Crippen LogP contribution >= 0.6 is 0 Å². The molecular weight excluding hydrogens is 202 g/mol. The summed E-state index contributed by atoms with van der Waals surface area (Å²) in [7, 11) is 0. The van der Waals surface area contributed by atoms with Gasteiger partial charge in [-0.25, -0.2) is 4.79 Å². The summed E-state index contributed by atoms with van der Waals surface area (Å²) in [5, 5.41) is 2.87. The summed E-state index contributed by atoms with van der Waals surface area (Å²) in [5.74, 6) is 0. The Balaban J connectivity index is 2.35. The van der Waals surface area contributed by atoms with Crippen LogP contribution in [0.1, 0.15) is 34.7 Å². The first kappa shape index (κ1) is 11.0. The molecule has 1 saturated heterocycles. The molecule has 1 heterocycles. The van der Waals surface area contributed by atoms with Crippen molar-refractivity contribution < 1.29 is 9.53 Å². The van der Waals surface area contributed by atoms with E-state index in [1.54, 1.807) is 0 Å². The molecule has 1 aliphatic heterocycles. The molecule has 1 atom stereocenters. The van der Waals surface area contributed by atoms with Crippen molar-refractivity contribution in [3.05, 3.63) is 34.4 Å². The van der Waals surface area contributed by atoms with Crippen LogP contribution in [0, 0.1) is 20.8 Å². The fourth-order valence-electron chi connectivity index (χ4n) is 2.48. The molecule has 0 radical (unpaired) electrons. The quantitative estimate of drug-likeness (QED) is 0.788. The Hall–Kier alpha value is -1.51. The summed E-state index contributed by atoms with van der Waals surface area (Å²) in [4.78, 5) is 11.2. The number of alkyl carbamates (subject to hydrolysis) is 1. The van der Waals surface area contributed by atoms with E-state index in [1.807, 2.05) is 0 Å². The van der Waals surface area contributed by atoms with E-state index in [2.05, 4.69) is 38.2 Å². The molecule has 3 heteroatoms. The highest BCUT2D eigenvalue weighted by atomic mass is 16.5. The van der Waals surface area contributed by atoms with Crippen LogP contribution in [-0.2, 0) is 4.74 Å². The number of carbonyl (C=O) groups excluding carboxylic acids is 1. The van der Waals surface area contributed by atoms with Crippen LogP contribution < -0.4 is 5.32 Å². The Labute approximate surface area is 95.8 Å². The van der Waals surface area contributed by atoms with Gasteiger partial charge in [-0.15, -0.1) is 0 Å². The zero-order valence-corrected chi connectivity index (χ0v) is 9.96. The van der Waals surface area contributed by atoms with Crippen LogP contribution in [0.15, 0.2) is 12.1 Å². The third kappa shape index (κ3) is 2.03. The maximum absolute atomic E-state index is 11.2. The number of cyclic esters (lactones) is 1. The van der Waals surface area contributed by atoms with E-state index in [4.69, 9.17) is 4.74 Å². The third-order valence-electron chi connectivity index (χ3n) is 3.02. The number of amides is 1. The van der Waals surface area contributed by atoms with E-state index in [0.717, 1.165) is 6.42 Å². The maximum Gasteiger partial charge on any atom is 0.407 e. The smallest absolute Gasteiger partial charge is 0.407 e. The maximum atomic E-state index is 11.2. The molecule has 0 spiro atoms. The van der Waals surface area contributed by atoms with Gasteiger partial charge in [0.1, 0.15) is 0 Å². The second-order valence-electron chi connectivity index (χ2n) is 4.43. The predicted molar refractivity (Wildman–Crippen MR) is 62.5 cm³/mol. The fourth-order valence-corrected chi connectivity index (χ4v) is 2.48. The van der Waals surface area contributed by atoms with Crippen LogP contribution in [-0.4, -0.2) is 12.7 Å². The molecule has 0 unspecified atom stereocenters. The molecule has 1 aromatic rings. The van der Waals surface area contributed by atoms with Gasteiger partial charge in [-0.3, -0.25) is 0 Å². The van der Waals surface area contributed by atoms with Crippen molar-refractivity contribution in [2.24, 2.45) is 0 Å². The highest BCUT2D eigenvalue weighted by molar-refractivity contribution is 5.69. The second kappa shape index (κ2) is 4.16. The molecule has 0 saturated carbocycles. The first-order valence-corrected chi connectivity index (χ1v) is 5.59. The van der Waals surface area contributed by atoms with E-state index in [9.17, 15) is 4.79 Å². The zero-order chi connectivity index (χ0) is 11.7. The fraction of sp³-hybridized carbons (Fsp3) is 0.462. The van der Waals surface area contributed by atoms with Gasteiger partial charge in [-0.1, -0.05) is 17.7 Å². The molecule has 0 aliphatic carbocycles. The number of hydrogen-bond donors (Lipinski definition) is 1. The van der Waals surface area contributed by atoms with Gasteiger partial charge in [0.25, 0.3) is 0 Å². The van der Waals surface area contributed by atoms with Crippen molar-refractivity contribution in [3.8, 4) is 0 Å². The monoisotopic (exact) mass is 219 g/mol. The van der Waals surface area contributed by atoms with Gasteiger partial charge in [-0.05, 0) is 37.5 Å². The molecule has 1 amide bonds. The molecule has 1 aliphatic rings. The molecule has 16 heavy (non-hydrogen) atoms. The van der Waals surface area contributed by atoms with Crippen LogP contribution in [0.5, 0.6) is 0 Å². The Morgan fingerprint density at radius 1 is 1.25 bits per heavy atom. The van der Waals surface area contributed by atoms with Crippen molar-refractivity contribution in [2.45, 2.75) is 33.2 Å². The Morgan fingerprint density at radius 2 is 1.88 bits per heavy atom. The van der Waals surface area contributed by atoms with Gasteiger partial charge < -0.3 is 10.1 Å². The van der Waals surface area contributed by atoms with E-state index in [-0.39, 0.29) is 12.1 Å². The molecule has 3 nitrogen and oxygen atoms in total. The van der Waals surface area contributed by atoms with Gasteiger partial charge in [0.05, 0.1) is 12.6 Å². The first-order chi connectivity index (χ1) is 7.58. The Bertz CT molecular complexity index is 403. The number of benzene rings is 1. The summed E-state index contributed by atoms with van der Waals surface area (Å²) >= 11 is 0. The van der Waals surface area contributed by atoms with E-state index >= 15 is 0 Å². The average molecular weight is 219 g/mol. The van der Waals surface area contributed by atoms with Crippen LogP contribution in [0.25, 0.3) is 0 Å². The number of hydrogen-bond acceptors (Lipinski definition) is 2. The summed E-state index contributed by atoms with van der Waals surface area (Å²) in [5.41, 5.74) is 4.98. The molecule has 0 aromatic heterocycles. The molecule has 2 rings (SSSR count). The standard InChI is InChI=1S/C13H17NO2/c1-8-6-9(2)12(10(3)7-8)11-4-5-16-13(15)14-11/h6-7,11H,4-5H2,1-3H3,(H,14,15)/t11-/m0/s1. The van der Waals surface area contributed by atoms with Crippen molar-refractivity contribution in [1.29, 1.82) is 0 Å². The van der Waals surface area contributed by atoms with Crippen molar-refractivity contribution in [1.82, 2.24) is 5.32 Å². The lowest BCUT2D eigenvalue weighted by Gasteiger charge is -2.26. The minimum atomic E-state index is -0.310. The SMILES string of the molecule is Cc1cc(C)c([C@@H]2CCOC(=O)N2)c(C)c1. The number of aryl methyl sites for hydroxylation is 3.